The highest BCUT2D eigenvalue weighted by molar-refractivity contribution is 5.85. The van der Waals surface area contributed by atoms with Gasteiger partial charge in [-0.05, 0) is 37.2 Å². The van der Waals surface area contributed by atoms with E-state index in [2.05, 4.69) is 18.7 Å². The first-order chi connectivity index (χ1) is 10.2. The van der Waals surface area contributed by atoms with Crippen molar-refractivity contribution in [3.8, 4) is 0 Å². The Bertz CT molecular complexity index is 623. The van der Waals surface area contributed by atoms with Crippen molar-refractivity contribution < 1.29 is 9.15 Å². The summed E-state index contributed by atoms with van der Waals surface area (Å²) in [5, 5.41) is 0.637. The molecule has 0 radical (unpaired) electrons. The predicted octanol–water partition coefficient (Wildman–Crippen LogP) is 3.12. The number of benzene rings is 1. The summed E-state index contributed by atoms with van der Waals surface area (Å²) in [7, 11) is 0. The predicted molar refractivity (Wildman–Crippen MR) is 92.0 cm³/mol. The van der Waals surface area contributed by atoms with Crippen molar-refractivity contribution in [1.29, 1.82) is 0 Å². The second-order valence-corrected chi connectivity index (χ2v) is 5.00. The molecule has 122 valence electrons. The lowest BCUT2D eigenvalue weighted by Gasteiger charge is -2.17. The van der Waals surface area contributed by atoms with Crippen LogP contribution in [-0.4, -0.2) is 37.7 Å². The van der Waals surface area contributed by atoms with Crippen LogP contribution >= 0.6 is 12.4 Å². The highest BCUT2D eigenvalue weighted by Crippen LogP contribution is 2.12. The summed E-state index contributed by atoms with van der Waals surface area (Å²) in [6.45, 7) is 8.81. The van der Waals surface area contributed by atoms with Crippen molar-refractivity contribution in [3.05, 3.63) is 46.3 Å². The maximum Gasteiger partial charge on any atom is 0.192 e. The summed E-state index contributed by atoms with van der Waals surface area (Å²) in [5.41, 5.74) is 1.73. The number of ether oxygens (including phenoxy) is 1. The third-order valence-corrected chi connectivity index (χ3v) is 3.71. The van der Waals surface area contributed by atoms with Gasteiger partial charge in [0, 0.05) is 12.6 Å². The summed E-state index contributed by atoms with van der Waals surface area (Å²) in [6.07, 6.45) is 2.24. The fourth-order valence-electron chi connectivity index (χ4n) is 2.31. The van der Waals surface area contributed by atoms with Crippen molar-refractivity contribution in [3.63, 3.8) is 0 Å². The molecule has 0 saturated heterocycles. The SMILES string of the molecule is CCN(CC)CCOCCc1ccc2occc(=O)c2c1.Cl. The number of nitrogens with zero attached hydrogens (tertiary/aromatic N) is 1. The van der Waals surface area contributed by atoms with E-state index in [0.717, 1.165) is 38.2 Å². The van der Waals surface area contributed by atoms with Gasteiger partial charge in [-0.1, -0.05) is 19.9 Å². The van der Waals surface area contributed by atoms with Gasteiger partial charge in [-0.15, -0.1) is 12.4 Å². The first-order valence-electron chi connectivity index (χ1n) is 7.55. The number of halogens is 1. The van der Waals surface area contributed by atoms with Crippen molar-refractivity contribution in [2.75, 3.05) is 32.8 Å². The molecule has 0 aliphatic rings. The topological polar surface area (TPSA) is 42.7 Å². The minimum atomic E-state index is 0. The summed E-state index contributed by atoms with van der Waals surface area (Å²) in [4.78, 5) is 14.1. The van der Waals surface area contributed by atoms with E-state index in [9.17, 15) is 4.79 Å². The van der Waals surface area contributed by atoms with Crippen molar-refractivity contribution in [1.82, 2.24) is 4.90 Å². The molecular weight excluding hydrogens is 302 g/mol. The van der Waals surface area contributed by atoms with E-state index in [1.807, 2.05) is 18.2 Å². The van der Waals surface area contributed by atoms with Gasteiger partial charge < -0.3 is 14.1 Å². The van der Waals surface area contributed by atoms with Crippen LogP contribution in [0.1, 0.15) is 19.4 Å². The van der Waals surface area contributed by atoms with E-state index < -0.39 is 0 Å². The molecule has 0 aliphatic carbocycles. The summed E-state index contributed by atoms with van der Waals surface area (Å²) >= 11 is 0. The van der Waals surface area contributed by atoms with E-state index in [0.29, 0.717) is 17.6 Å². The maximum absolute atomic E-state index is 11.8. The maximum atomic E-state index is 11.8. The van der Waals surface area contributed by atoms with Crippen LogP contribution in [0.15, 0.2) is 39.7 Å². The molecule has 5 heteroatoms. The van der Waals surface area contributed by atoms with Crippen LogP contribution in [0.3, 0.4) is 0 Å². The Morgan fingerprint density at radius 1 is 1.14 bits per heavy atom. The zero-order chi connectivity index (χ0) is 15.1. The molecule has 1 heterocycles. The van der Waals surface area contributed by atoms with E-state index >= 15 is 0 Å². The third-order valence-electron chi connectivity index (χ3n) is 3.71. The van der Waals surface area contributed by atoms with Gasteiger partial charge in [0.05, 0.1) is 24.9 Å². The largest absolute Gasteiger partial charge is 0.464 e. The van der Waals surface area contributed by atoms with Gasteiger partial charge in [0.25, 0.3) is 0 Å². The Kier molecular flexibility index (Phi) is 8.17. The first-order valence-corrected chi connectivity index (χ1v) is 7.55. The van der Waals surface area contributed by atoms with Crippen LogP contribution in [0.4, 0.5) is 0 Å². The van der Waals surface area contributed by atoms with Crippen LogP contribution in [0.5, 0.6) is 0 Å². The van der Waals surface area contributed by atoms with E-state index in [4.69, 9.17) is 9.15 Å². The molecule has 0 atom stereocenters. The second-order valence-electron chi connectivity index (χ2n) is 5.00. The zero-order valence-electron chi connectivity index (χ0n) is 13.2. The van der Waals surface area contributed by atoms with Crippen molar-refractivity contribution in [2.45, 2.75) is 20.3 Å². The smallest absolute Gasteiger partial charge is 0.192 e. The van der Waals surface area contributed by atoms with Crippen LogP contribution < -0.4 is 5.43 Å². The van der Waals surface area contributed by atoms with Crippen LogP contribution in [-0.2, 0) is 11.2 Å². The Morgan fingerprint density at radius 3 is 2.64 bits per heavy atom. The number of rotatable bonds is 8. The Balaban J connectivity index is 0.00000242. The van der Waals surface area contributed by atoms with Crippen molar-refractivity contribution >= 4 is 23.4 Å². The lowest BCUT2D eigenvalue weighted by Crippen LogP contribution is -2.27. The Labute approximate surface area is 137 Å². The van der Waals surface area contributed by atoms with E-state index in [1.165, 1.54) is 12.3 Å². The molecule has 4 nitrogen and oxygen atoms in total. The Morgan fingerprint density at radius 2 is 1.91 bits per heavy atom. The highest BCUT2D eigenvalue weighted by Gasteiger charge is 2.02. The summed E-state index contributed by atoms with van der Waals surface area (Å²) < 4.78 is 11.0. The van der Waals surface area contributed by atoms with Gasteiger partial charge >= 0.3 is 0 Å². The number of fused-ring (bicyclic) bond motifs is 1. The second kappa shape index (κ2) is 9.62. The van der Waals surface area contributed by atoms with Gasteiger partial charge in [0.2, 0.25) is 0 Å². The van der Waals surface area contributed by atoms with E-state index in [1.54, 1.807) is 0 Å². The fourth-order valence-corrected chi connectivity index (χ4v) is 2.31. The molecule has 1 aromatic heterocycles. The minimum absolute atomic E-state index is 0. The molecular formula is C17H24ClNO3. The van der Waals surface area contributed by atoms with Crippen LogP contribution in [0.2, 0.25) is 0 Å². The van der Waals surface area contributed by atoms with Gasteiger partial charge in [-0.3, -0.25) is 4.79 Å². The molecule has 0 amide bonds. The lowest BCUT2D eigenvalue weighted by molar-refractivity contribution is 0.109. The molecule has 0 N–H and O–H groups in total. The minimum Gasteiger partial charge on any atom is -0.464 e. The van der Waals surface area contributed by atoms with E-state index in [-0.39, 0.29) is 17.8 Å². The summed E-state index contributed by atoms with van der Waals surface area (Å²) in [6, 6.07) is 7.18. The van der Waals surface area contributed by atoms with Gasteiger partial charge in [-0.25, -0.2) is 0 Å². The monoisotopic (exact) mass is 325 g/mol. The normalized spacial score (nSPS) is 10.9. The molecule has 0 aliphatic heterocycles. The third kappa shape index (κ3) is 5.13. The van der Waals surface area contributed by atoms with Gasteiger partial charge in [0.15, 0.2) is 5.43 Å². The fraction of sp³-hybridized carbons (Fsp3) is 0.471. The molecule has 22 heavy (non-hydrogen) atoms. The molecule has 1 aromatic carbocycles. The van der Waals surface area contributed by atoms with Gasteiger partial charge in [-0.2, -0.15) is 0 Å². The number of hydrogen-bond acceptors (Lipinski definition) is 4. The molecule has 2 aromatic rings. The summed E-state index contributed by atoms with van der Waals surface area (Å²) in [5.74, 6) is 0. The highest BCUT2D eigenvalue weighted by atomic mass is 35.5. The molecule has 0 unspecified atom stereocenters. The number of likely N-dealkylation sites (N-methyl/N-ethyl adjacent to an activating group) is 1. The Hall–Kier alpha value is -1.36. The lowest BCUT2D eigenvalue weighted by atomic mass is 10.1. The van der Waals surface area contributed by atoms with Crippen LogP contribution in [0, 0.1) is 0 Å². The molecule has 0 bridgehead atoms. The first kappa shape index (κ1) is 18.7. The average Bonchev–Trinajstić information content (AvgIpc) is 2.51. The standard InChI is InChI=1S/C17H23NO3.ClH/c1-3-18(4-2)9-12-20-10-7-14-5-6-17-15(13-14)16(19)8-11-21-17;/h5-6,8,11,13H,3-4,7,9-10,12H2,1-2H3;1H. The van der Waals surface area contributed by atoms with Gasteiger partial charge in [0.1, 0.15) is 5.58 Å². The molecule has 0 spiro atoms. The van der Waals surface area contributed by atoms with Crippen molar-refractivity contribution in [2.24, 2.45) is 0 Å². The molecule has 0 saturated carbocycles. The zero-order valence-corrected chi connectivity index (χ0v) is 14.0. The average molecular weight is 326 g/mol. The molecule has 0 fully saturated rings. The number of hydrogen-bond donors (Lipinski definition) is 0. The quantitative estimate of drug-likeness (QED) is 0.699. The van der Waals surface area contributed by atoms with Crippen LogP contribution in [0.25, 0.3) is 11.0 Å². The molecule has 2 rings (SSSR count).